The lowest BCUT2D eigenvalue weighted by Gasteiger charge is -2.32. The Labute approximate surface area is 153 Å². The van der Waals surface area contributed by atoms with Crippen LogP contribution in [0, 0.1) is 33.6 Å². The lowest BCUT2D eigenvalue weighted by atomic mass is 9.96. The molecule has 0 spiro atoms. The predicted octanol–water partition coefficient (Wildman–Crippen LogP) is 3.40. The first kappa shape index (κ1) is 18.2. The first-order valence-corrected chi connectivity index (χ1v) is 8.96. The highest BCUT2D eigenvalue weighted by Gasteiger charge is 2.31. The summed E-state index contributed by atoms with van der Waals surface area (Å²) in [6.45, 7) is 8.56. The predicted molar refractivity (Wildman–Crippen MR) is 99.2 cm³/mol. The largest absolute Gasteiger partial charge is 0.466 e. The van der Waals surface area contributed by atoms with E-state index in [4.69, 9.17) is 4.42 Å². The molecule has 1 aliphatic heterocycles. The molecule has 138 valence electrons. The Hall–Kier alpha value is -2.63. The molecule has 6 nitrogen and oxygen atoms in total. The molecule has 3 rings (SSSR count). The third-order valence-electron chi connectivity index (χ3n) is 5.11. The van der Waals surface area contributed by atoms with Crippen molar-refractivity contribution in [2.75, 3.05) is 18.4 Å². The van der Waals surface area contributed by atoms with E-state index in [2.05, 4.69) is 10.3 Å². The smallest absolute Gasteiger partial charge is 0.257 e. The average Bonchev–Trinajstić information content (AvgIpc) is 2.88. The maximum absolute atomic E-state index is 13.0. The molecule has 0 aliphatic carbocycles. The van der Waals surface area contributed by atoms with Crippen LogP contribution < -0.4 is 5.32 Å². The van der Waals surface area contributed by atoms with Crippen molar-refractivity contribution in [3.8, 4) is 0 Å². The number of nitrogens with zero attached hydrogens (tertiary/aromatic N) is 2. The Morgan fingerprint density at radius 3 is 2.65 bits per heavy atom. The number of furan rings is 1. The highest BCUT2D eigenvalue weighted by Crippen LogP contribution is 2.26. The molecule has 6 heteroatoms. The van der Waals surface area contributed by atoms with Gasteiger partial charge in [0.1, 0.15) is 17.3 Å². The van der Waals surface area contributed by atoms with Crippen LogP contribution in [-0.2, 0) is 4.79 Å². The van der Waals surface area contributed by atoms with E-state index in [-0.39, 0.29) is 17.7 Å². The van der Waals surface area contributed by atoms with Crippen molar-refractivity contribution >= 4 is 17.6 Å². The molecular weight excluding hydrogens is 330 g/mol. The minimum Gasteiger partial charge on any atom is -0.466 e. The zero-order valence-electron chi connectivity index (χ0n) is 15.8. The minimum atomic E-state index is -0.234. The SMILES string of the molecule is Cc1cccnc1NC(=O)[C@@H]1CCCN(C(=O)c2c(C)oc(C)c2C)C1. The molecular formula is C20H25N3O3. The molecule has 0 bridgehead atoms. The molecule has 2 aromatic rings. The Bertz CT molecular complexity index is 841. The summed E-state index contributed by atoms with van der Waals surface area (Å²) < 4.78 is 5.59. The van der Waals surface area contributed by atoms with Crippen molar-refractivity contribution in [2.45, 2.75) is 40.5 Å². The summed E-state index contributed by atoms with van der Waals surface area (Å²) >= 11 is 0. The molecule has 1 fully saturated rings. The number of likely N-dealkylation sites (tertiary alicyclic amines) is 1. The van der Waals surface area contributed by atoms with Crippen molar-refractivity contribution in [2.24, 2.45) is 5.92 Å². The van der Waals surface area contributed by atoms with Crippen molar-refractivity contribution in [3.63, 3.8) is 0 Å². The van der Waals surface area contributed by atoms with E-state index in [1.165, 1.54) is 0 Å². The second kappa shape index (κ2) is 7.32. The van der Waals surface area contributed by atoms with Crippen LogP contribution in [0.25, 0.3) is 0 Å². The standard InChI is InChI=1S/C20H25N3O3/c1-12-7-5-9-21-18(12)22-19(24)16-8-6-10-23(11-16)20(25)17-13(2)14(3)26-15(17)4/h5,7,9,16H,6,8,10-11H2,1-4H3,(H,21,22,24)/t16-/m1/s1. The summed E-state index contributed by atoms with van der Waals surface area (Å²) in [4.78, 5) is 31.6. The van der Waals surface area contributed by atoms with Crippen LogP contribution in [0.3, 0.4) is 0 Å². The zero-order valence-corrected chi connectivity index (χ0v) is 15.8. The van der Waals surface area contributed by atoms with Gasteiger partial charge in [-0.25, -0.2) is 4.98 Å². The van der Waals surface area contributed by atoms with E-state index < -0.39 is 0 Å². The van der Waals surface area contributed by atoms with Crippen LogP contribution >= 0.6 is 0 Å². The van der Waals surface area contributed by atoms with Crippen molar-refractivity contribution in [3.05, 3.63) is 46.5 Å². The Morgan fingerprint density at radius 1 is 1.23 bits per heavy atom. The molecule has 0 radical (unpaired) electrons. The Morgan fingerprint density at radius 2 is 2.00 bits per heavy atom. The van der Waals surface area contributed by atoms with Gasteiger partial charge in [0.2, 0.25) is 5.91 Å². The maximum atomic E-state index is 13.0. The monoisotopic (exact) mass is 355 g/mol. The third kappa shape index (κ3) is 3.49. The van der Waals surface area contributed by atoms with E-state index in [0.29, 0.717) is 30.2 Å². The number of hydrogen-bond acceptors (Lipinski definition) is 4. The van der Waals surface area contributed by atoms with Gasteiger partial charge in [0.25, 0.3) is 5.91 Å². The highest BCUT2D eigenvalue weighted by molar-refractivity contribution is 5.98. The van der Waals surface area contributed by atoms with Gasteiger partial charge in [0.05, 0.1) is 11.5 Å². The minimum absolute atomic E-state index is 0.0524. The average molecular weight is 355 g/mol. The molecule has 2 aromatic heterocycles. The molecule has 0 unspecified atom stereocenters. The molecule has 1 N–H and O–H groups in total. The number of carbonyl (C=O) groups is 2. The second-order valence-electron chi connectivity index (χ2n) is 6.96. The molecule has 1 saturated heterocycles. The number of piperidine rings is 1. The lowest BCUT2D eigenvalue weighted by Crippen LogP contribution is -2.44. The summed E-state index contributed by atoms with van der Waals surface area (Å²) in [5, 5.41) is 2.90. The number of aryl methyl sites for hydroxylation is 3. The van der Waals surface area contributed by atoms with E-state index in [0.717, 1.165) is 29.7 Å². The number of rotatable bonds is 3. The van der Waals surface area contributed by atoms with Gasteiger partial charge in [-0.15, -0.1) is 0 Å². The fraction of sp³-hybridized carbons (Fsp3) is 0.450. The van der Waals surface area contributed by atoms with Crippen LogP contribution in [-0.4, -0.2) is 34.8 Å². The van der Waals surface area contributed by atoms with E-state index >= 15 is 0 Å². The van der Waals surface area contributed by atoms with E-state index in [1.807, 2.05) is 39.8 Å². The summed E-state index contributed by atoms with van der Waals surface area (Å²) in [7, 11) is 0. The molecule has 1 atom stereocenters. The molecule has 1 aliphatic rings. The van der Waals surface area contributed by atoms with Gasteiger partial charge in [-0.2, -0.15) is 0 Å². The normalized spacial score (nSPS) is 17.2. The number of anilines is 1. The quantitative estimate of drug-likeness (QED) is 0.915. The lowest BCUT2D eigenvalue weighted by molar-refractivity contribution is -0.121. The van der Waals surface area contributed by atoms with Gasteiger partial charge >= 0.3 is 0 Å². The van der Waals surface area contributed by atoms with Crippen LogP contribution in [0.2, 0.25) is 0 Å². The number of nitrogens with one attached hydrogen (secondary N) is 1. The summed E-state index contributed by atoms with van der Waals surface area (Å²) in [5.74, 6) is 1.62. The third-order valence-corrected chi connectivity index (χ3v) is 5.11. The van der Waals surface area contributed by atoms with Gasteiger partial charge in [0, 0.05) is 24.8 Å². The van der Waals surface area contributed by atoms with Crippen LogP contribution in [0.5, 0.6) is 0 Å². The van der Waals surface area contributed by atoms with E-state index in [1.54, 1.807) is 11.1 Å². The van der Waals surface area contributed by atoms with Crippen LogP contribution in [0.4, 0.5) is 5.82 Å². The molecule has 2 amide bonds. The number of pyridine rings is 1. The van der Waals surface area contributed by atoms with E-state index in [9.17, 15) is 9.59 Å². The maximum Gasteiger partial charge on any atom is 0.257 e. The zero-order chi connectivity index (χ0) is 18.8. The van der Waals surface area contributed by atoms with Gasteiger partial charge in [0.15, 0.2) is 0 Å². The number of hydrogen-bond donors (Lipinski definition) is 1. The van der Waals surface area contributed by atoms with Crippen LogP contribution in [0.15, 0.2) is 22.7 Å². The Kier molecular flexibility index (Phi) is 5.11. The number of carbonyl (C=O) groups excluding carboxylic acids is 2. The highest BCUT2D eigenvalue weighted by atomic mass is 16.3. The fourth-order valence-electron chi connectivity index (χ4n) is 3.48. The molecule has 26 heavy (non-hydrogen) atoms. The first-order valence-electron chi connectivity index (χ1n) is 8.96. The van der Waals surface area contributed by atoms with Crippen LogP contribution in [0.1, 0.15) is 45.8 Å². The number of amides is 2. The van der Waals surface area contributed by atoms with Gasteiger partial charge in [-0.1, -0.05) is 6.07 Å². The van der Waals surface area contributed by atoms with Gasteiger partial charge in [-0.05, 0) is 52.2 Å². The summed E-state index contributed by atoms with van der Waals surface area (Å²) in [5.41, 5.74) is 2.43. The van der Waals surface area contributed by atoms with Crippen molar-refractivity contribution in [1.29, 1.82) is 0 Å². The molecule has 0 aromatic carbocycles. The first-order chi connectivity index (χ1) is 12.4. The van der Waals surface area contributed by atoms with Gasteiger partial charge in [-0.3, -0.25) is 9.59 Å². The molecule has 0 saturated carbocycles. The Balaban J connectivity index is 1.72. The summed E-state index contributed by atoms with van der Waals surface area (Å²) in [6.07, 6.45) is 3.23. The molecule has 3 heterocycles. The second-order valence-corrected chi connectivity index (χ2v) is 6.96. The van der Waals surface area contributed by atoms with Crippen molar-refractivity contribution < 1.29 is 14.0 Å². The summed E-state index contributed by atoms with van der Waals surface area (Å²) in [6, 6.07) is 3.75. The topological polar surface area (TPSA) is 75.4 Å². The fourth-order valence-corrected chi connectivity index (χ4v) is 3.48. The number of aromatic nitrogens is 1. The van der Waals surface area contributed by atoms with Crippen molar-refractivity contribution in [1.82, 2.24) is 9.88 Å². The van der Waals surface area contributed by atoms with Gasteiger partial charge < -0.3 is 14.6 Å².